The monoisotopic (exact) mass is 333 g/mol. The Hall–Kier alpha value is -1.40. The Bertz CT molecular complexity index is 562. The zero-order chi connectivity index (χ0) is 17.1. The molecule has 0 saturated carbocycles. The molecule has 0 spiro atoms. The number of aromatic nitrogens is 2. The molecule has 134 valence electrons. The van der Waals surface area contributed by atoms with Crippen LogP contribution in [-0.4, -0.2) is 70.8 Å². The fraction of sp³-hybridized carbons (Fsp3) is 0.778. The number of likely N-dealkylation sites (tertiary alicyclic amines) is 2. The summed E-state index contributed by atoms with van der Waals surface area (Å²) >= 11 is 0. The van der Waals surface area contributed by atoms with E-state index >= 15 is 0 Å². The van der Waals surface area contributed by atoms with Gasteiger partial charge in [0.1, 0.15) is 5.69 Å². The fourth-order valence-electron chi connectivity index (χ4n) is 3.99. The molecule has 2 aliphatic rings. The molecule has 0 aliphatic carbocycles. The third kappa shape index (κ3) is 3.98. The SMILES string of the molecule is CCc1cc(C(=O)NC2CCCN(C3CCN(C)CC3)C2)n(C)n1. The maximum atomic E-state index is 12.6. The fourth-order valence-corrected chi connectivity index (χ4v) is 3.99. The molecule has 1 atom stereocenters. The summed E-state index contributed by atoms with van der Waals surface area (Å²) in [6.45, 7) is 6.59. The molecule has 0 bridgehead atoms. The molecule has 6 heteroatoms. The highest BCUT2D eigenvalue weighted by atomic mass is 16.2. The van der Waals surface area contributed by atoms with Gasteiger partial charge in [-0.3, -0.25) is 14.4 Å². The van der Waals surface area contributed by atoms with Crippen molar-refractivity contribution in [2.45, 2.75) is 51.1 Å². The molecule has 0 aromatic carbocycles. The number of piperidine rings is 2. The zero-order valence-electron chi connectivity index (χ0n) is 15.3. The Balaban J connectivity index is 1.56. The standard InChI is InChI=1S/C18H31N5O/c1-4-14-12-17(22(3)20-14)18(24)19-15-6-5-9-23(13-15)16-7-10-21(2)11-8-16/h12,15-16H,4-11,13H2,1-3H3,(H,19,24). The van der Waals surface area contributed by atoms with E-state index in [1.807, 2.05) is 13.1 Å². The molecule has 2 fully saturated rings. The molecule has 2 saturated heterocycles. The molecule has 3 rings (SSSR count). The van der Waals surface area contributed by atoms with Crippen LogP contribution in [0.15, 0.2) is 6.07 Å². The summed E-state index contributed by atoms with van der Waals surface area (Å²) in [5.74, 6) is 0.0138. The number of nitrogens with zero attached hydrogens (tertiary/aromatic N) is 4. The topological polar surface area (TPSA) is 53.4 Å². The molecule has 3 heterocycles. The van der Waals surface area contributed by atoms with Crippen molar-refractivity contribution in [2.24, 2.45) is 7.05 Å². The average Bonchev–Trinajstić information content (AvgIpc) is 2.97. The van der Waals surface area contributed by atoms with Gasteiger partial charge < -0.3 is 10.2 Å². The highest BCUT2D eigenvalue weighted by molar-refractivity contribution is 5.92. The Labute approximate surface area is 145 Å². The largest absolute Gasteiger partial charge is 0.347 e. The van der Waals surface area contributed by atoms with Crippen LogP contribution in [0.2, 0.25) is 0 Å². The van der Waals surface area contributed by atoms with Gasteiger partial charge in [0.15, 0.2) is 0 Å². The van der Waals surface area contributed by atoms with Crippen molar-refractivity contribution in [3.8, 4) is 0 Å². The van der Waals surface area contributed by atoms with Crippen LogP contribution in [0.1, 0.15) is 48.8 Å². The van der Waals surface area contributed by atoms with Crippen molar-refractivity contribution in [1.82, 2.24) is 24.9 Å². The molecular formula is C18H31N5O. The summed E-state index contributed by atoms with van der Waals surface area (Å²) < 4.78 is 1.70. The number of hydrogen-bond donors (Lipinski definition) is 1. The Kier molecular flexibility index (Phi) is 5.56. The van der Waals surface area contributed by atoms with Gasteiger partial charge in [0, 0.05) is 25.7 Å². The Morgan fingerprint density at radius 3 is 2.67 bits per heavy atom. The zero-order valence-corrected chi connectivity index (χ0v) is 15.3. The molecular weight excluding hydrogens is 302 g/mol. The summed E-state index contributed by atoms with van der Waals surface area (Å²) in [6, 6.07) is 2.85. The van der Waals surface area contributed by atoms with Gasteiger partial charge in [-0.2, -0.15) is 5.10 Å². The molecule has 1 aromatic rings. The second-order valence-electron chi connectivity index (χ2n) is 7.34. The van der Waals surface area contributed by atoms with E-state index in [0.29, 0.717) is 11.7 Å². The van der Waals surface area contributed by atoms with Gasteiger partial charge in [0.25, 0.3) is 5.91 Å². The van der Waals surface area contributed by atoms with Gasteiger partial charge in [-0.1, -0.05) is 6.92 Å². The van der Waals surface area contributed by atoms with Crippen LogP contribution in [0.4, 0.5) is 0 Å². The summed E-state index contributed by atoms with van der Waals surface area (Å²) in [6.07, 6.45) is 5.60. The van der Waals surface area contributed by atoms with Gasteiger partial charge in [-0.25, -0.2) is 0 Å². The highest BCUT2D eigenvalue weighted by Crippen LogP contribution is 2.20. The van der Waals surface area contributed by atoms with Crippen LogP contribution < -0.4 is 5.32 Å². The third-order valence-electron chi connectivity index (χ3n) is 5.52. The van der Waals surface area contributed by atoms with E-state index in [0.717, 1.165) is 25.1 Å². The number of aryl methyl sites for hydroxylation is 2. The van der Waals surface area contributed by atoms with Crippen LogP contribution in [0.3, 0.4) is 0 Å². The normalized spacial score (nSPS) is 24.2. The first-order chi connectivity index (χ1) is 11.6. The Morgan fingerprint density at radius 2 is 2.00 bits per heavy atom. The average molecular weight is 333 g/mol. The lowest BCUT2D eigenvalue weighted by Gasteiger charge is -2.41. The molecule has 1 N–H and O–H groups in total. The third-order valence-corrected chi connectivity index (χ3v) is 5.52. The minimum Gasteiger partial charge on any atom is -0.347 e. The van der Waals surface area contributed by atoms with Crippen molar-refractivity contribution in [1.29, 1.82) is 0 Å². The number of carbonyl (C=O) groups excluding carboxylic acids is 1. The lowest BCUT2D eigenvalue weighted by atomic mass is 9.98. The number of nitrogens with one attached hydrogen (secondary N) is 1. The summed E-state index contributed by atoms with van der Waals surface area (Å²) in [7, 11) is 4.05. The highest BCUT2D eigenvalue weighted by Gasteiger charge is 2.29. The van der Waals surface area contributed by atoms with Crippen molar-refractivity contribution in [3.63, 3.8) is 0 Å². The molecule has 2 aliphatic heterocycles. The summed E-state index contributed by atoms with van der Waals surface area (Å²) in [5, 5.41) is 7.62. The van der Waals surface area contributed by atoms with Crippen LogP contribution in [-0.2, 0) is 13.5 Å². The van der Waals surface area contributed by atoms with Gasteiger partial charge in [0.05, 0.1) is 5.69 Å². The number of carbonyl (C=O) groups is 1. The smallest absolute Gasteiger partial charge is 0.269 e. The second kappa shape index (κ2) is 7.66. The maximum absolute atomic E-state index is 12.6. The predicted octanol–water partition coefficient (Wildman–Crippen LogP) is 1.27. The van der Waals surface area contributed by atoms with Gasteiger partial charge in [-0.05, 0) is 64.9 Å². The van der Waals surface area contributed by atoms with Crippen molar-refractivity contribution in [2.75, 3.05) is 33.2 Å². The van der Waals surface area contributed by atoms with Crippen LogP contribution in [0, 0.1) is 0 Å². The summed E-state index contributed by atoms with van der Waals surface area (Å²) in [5.41, 5.74) is 1.64. The van der Waals surface area contributed by atoms with E-state index in [4.69, 9.17) is 0 Å². The van der Waals surface area contributed by atoms with Crippen LogP contribution in [0.25, 0.3) is 0 Å². The first-order valence-corrected chi connectivity index (χ1v) is 9.33. The second-order valence-corrected chi connectivity index (χ2v) is 7.34. The molecule has 1 aromatic heterocycles. The molecule has 1 unspecified atom stereocenters. The molecule has 1 amide bonds. The molecule has 6 nitrogen and oxygen atoms in total. The van der Waals surface area contributed by atoms with E-state index in [1.54, 1.807) is 4.68 Å². The number of hydrogen-bond acceptors (Lipinski definition) is 4. The van der Waals surface area contributed by atoms with E-state index < -0.39 is 0 Å². The van der Waals surface area contributed by atoms with E-state index in [2.05, 4.69) is 34.2 Å². The van der Waals surface area contributed by atoms with Gasteiger partial charge in [-0.15, -0.1) is 0 Å². The number of rotatable bonds is 4. The molecule has 0 radical (unpaired) electrons. The van der Waals surface area contributed by atoms with Gasteiger partial charge in [0.2, 0.25) is 0 Å². The van der Waals surface area contributed by atoms with E-state index in [9.17, 15) is 4.79 Å². The quantitative estimate of drug-likeness (QED) is 0.902. The first kappa shape index (κ1) is 17.4. The first-order valence-electron chi connectivity index (χ1n) is 9.33. The van der Waals surface area contributed by atoms with Gasteiger partial charge >= 0.3 is 0 Å². The van der Waals surface area contributed by atoms with E-state index in [-0.39, 0.29) is 11.9 Å². The lowest BCUT2D eigenvalue weighted by molar-refractivity contribution is 0.0760. The van der Waals surface area contributed by atoms with Crippen LogP contribution in [0.5, 0.6) is 0 Å². The minimum absolute atomic E-state index is 0.0138. The van der Waals surface area contributed by atoms with E-state index in [1.165, 1.54) is 38.9 Å². The minimum atomic E-state index is 0.0138. The maximum Gasteiger partial charge on any atom is 0.269 e. The van der Waals surface area contributed by atoms with Crippen molar-refractivity contribution >= 4 is 5.91 Å². The number of amides is 1. The summed E-state index contributed by atoms with van der Waals surface area (Å²) in [4.78, 5) is 17.6. The lowest BCUT2D eigenvalue weighted by Crippen LogP contribution is -2.53. The predicted molar refractivity (Wildman–Crippen MR) is 95.2 cm³/mol. The van der Waals surface area contributed by atoms with Crippen molar-refractivity contribution < 1.29 is 4.79 Å². The molecule has 24 heavy (non-hydrogen) atoms. The van der Waals surface area contributed by atoms with Crippen molar-refractivity contribution in [3.05, 3.63) is 17.5 Å². The van der Waals surface area contributed by atoms with Crippen LogP contribution >= 0.6 is 0 Å². The Morgan fingerprint density at radius 1 is 1.25 bits per heavy atom.